The number of hydrogen-bond donors (Lipinski definition) is 1. The highest BCUT2D eigenvalue weighted by atomic mass is 31.2. The number of carbonyl (C=O) groups is 2. The molecule has 1 rings (SSSR count). The Morgan fingerprint density at radius 1 is 0.694 bits per heavy atom. The molecule has 1 heterocycles. The Balaban J connectivity index is 2.38. The van der Waals surface area contributed by atoms with Crippen LogP contribution in [0, 0.1) is 13.8 Å². The van der Waals surface area contributed by atoms with Gasteiger partial charge in [0.2, 0.25) is 0 Å². The Labute approximate surface area is 376 Å². The number of ether oxygens (including phenoxy) is 2. The van der Waals surface area contributed by atoms with E-state index in [1.165, 1.54) is 49.0 Å². The lowest BCUT2D eigenvalue weighted by atomic mass is 10.0. The number of rotatable bonds is 39. The Morgan fingerprint density at radius 3 is 1.74 bits per heavy atom. The SMILES string of the molecule is CCCCCc1oc(CCCCCCCCCCC(=O)O[C@H](COC(=O)CCC/C=C\C/C=C\C/C=C\C/C=C\CCC[C@@H](C)O)COP(=O)([O-])OCC[N+](C)(C)C)c(C)c1C. The molecule has 3 atom stereocenters. The number of carbonyl (C=O) groups excluding carboxylic acids is 2. The van der Waals surface area contributed by atoms with Gasteiger partial charge in [0, 0.05) is 25.7 Å². The zero-order valence-electron chi connectivity index (χ0n) is 39.9. The van der Waals surface area contributed by atoms with Gasteiger partial charge in [0.1, 0.15) is 31.3 Å². The molecule has 1 unspecified atom stereocenters. The summed E-state index contributed by atoms with van der Waals surface area (Å²) >= 11 is 0. The van der Waals surface area contributed by atoms with Gasteiger partial charge in [-0.2, -0.15) is 0 Å². The molecule has 0 fully saturated rings. The third-order valence-electron chi connectivity index (χ3n) is 10.6. The van der Waals surface area contributed by atoms with Gasteiger partial charge in [-0.25, -0.2) is 0 Å². The van der Waals surface area contributed by atoms with Crippen molar-refractivity contribution in [1.29, 1.82) is 0 Å². The van der Waals surface area contributed by atoms with Crippen LogP contribution in [0.15, 0.2) is 53.0 Å². The molecule has 1 aromatic heterocycles. The van der Waals surface area contributed by atoms with Crippen molar-refractivity contribution in [3.63, 3.8) is 0 Å². The molecule has 0 aliphatic carbocycles. The molecular formula is C50H86NO10P. The molecule has 0 aromatic carbocycles. The monoisotopic (exact) mass is 892 g/mol. The van der Waals surface area contributed by atoms with Gasteiger partial charge >= 0.3 is 11.9 Å². The van der Waals surface area contributed by atoms with E-state index in [-0.39, 0.29) is 32.2 Å². The highest BCUT2D eigenvalue weighted by molar-refractivity contribution is 7.45. The number of furan rings is 1. The van der Waals surface area contributed by atoms with E-state index in [4.69, 9.17) is 22.9 Å². The Morgan fingerprint density at radius 2 is 1.19 bits per heavy atom. The van der Waals surface area contributed by atoms with Crippen molar-refractivity contribution < 1.29 is 51.6 Å². The van der Waals surface area contributed by atoms with Crippen molar-refractivity contribution in [3.8, 4) is 0 Å². The highest BCUT2D eigenvalue weighted by Crippen LogP contribution is 2.38. The zero-order valence-corrected chi connectivity index (χ0v) is 40.8. The summed E-state index contributed by atoms with van der Waals surface area (Å²) in [6.07, 6.45) is 36.7. The first-order valence-electron chi connectivity index (χ1n) is 23.7. The van der Waals surface area contributed by atoms with Crippen LogP contribution in [-0.4, -0.2) is 81.2 Å². The van der Waals surface area contributed by atoms with Crippen molar-refractivity contribution in [2.45, 2.75) is 188 Å². The molecule has 0 saturated carbocycles. The second-order valence-corrected chi connectivity index (χ2v) is 19.0. The lowest BCUT2D eigenvalue weighted by Gasteiger charge is -2.28. The van der Waals surface area contributed by atoms with Crippen molar-refractivity contribution in [2.24, 2.45) is 0 Å². The summed E-state index contributed by atoms with van der Waals surface area (Å²) in [5, 5.41) is 9.29. The predicted molar refractivity (Wildman–Crippen MR) is 250 cm³/mol. The molecule has 11 nitrogen and oxygen atoms in total. The van der Waals surface area contributed by atoms with Crippen molar-refractivity contribution in [3.05, 3.63) is 71.3 Å². The van der Waals surface area contributed by atoms with E-state index in [1.807, 2.05) is 34.1 Å². The number of likely N-dealkylation sites (N-methyl/N-ethyl adjacent to an activating group) is 1. The van der Waals surface area contributed by atoms with Crippen LogP contribution in [0.5, 0.6) is 0 Å². The van der Waals surface area contributed by atoms with E-state index < -0.39 is 32.5 Å². The Bertz CT molecular complexity index is 1490. The smallest absolute Gasteiger partial charge is 0.306 e. The number of aliphatic hydroxyl groups excluding tert-OH is 1. The molecule has 1 aromatic rings. The number of allylic oxidation sites excluding steroid dienone is 8. The molecule has 0 bridgehead atoms. The van der Waals surface area contributed by atoms with E-state index in [9.17, 15) is 24.2 Å². The number of quaternary nitrogens is 1. The Kier molecular flexibility index (Phi) is 32.8. The van der Waals surface area contributed by atoms with Crippen molar-refractivity contribution in [2.75, 3.05) is 47.5 Å². The van der Waals surface area contributed by atoms with E-state index in [1.54, 1.807) is 0 Å². The standard InChI is InChI=1S/C50H86NO10P/c1-8-9-29-35-47-44(3)45(4)48(61-47)36-31-26-22-19-20-24-28-33-38-50(54)60-46(42-59-62(55,56)58-40-39-51(5,6)7)41-57-49(53)37-32-27-23-18-16-14-12-10-11-13-15-17-21-25-30-34-43(2)52/h11-14,17-18,21,23,43,46,52H,8-10,15-16,19-20,22,24-42H2,1-7H3/b13-11-,14-12-,21-17-,23-18-/t43-,46-/m1/s1. The third kappa shape index (κ3) is 32.8. The fourth-order valence-electron chi connectivity index (χ4n) is 6.55. The van der Waals surface area contributed by atoms with Crippen LogP contribution in [-0.2, 0) is 45.5 Å². The van der Waals surface area contributed by atoms with Crippen LogP contribution in [0.4, 0.5) is 0 Å². The van der Waals surface area contributed by atoms with Gasteiger partial charge in [-0.3, -0.25) is 14.2 Å². The first kappa shape index (κ1) is 57.2. The van der Waals surface area contributed by atoms with Crippen LogP contribution in [0.1, 0.15) is 171 Å². The van der Waals surface area contributed by atoms with Gasteiger partial charge in [0.05, 0.1) is 33.9 Å². The minimum Gasteiger partial charge on any atom is -0.756 e. The molecule has 0 saturated heterocycles. The number of unbranched alkanes of at least 4 members (excludes halogenated alkanes) is 11. The van der Waals surface area contributed by atoms with Crippen LogP contribution in [0.25, 0.3) is 0 Å². The molecule has 356 valence electrons. The van der Waals surface area contributed by atoms with E-state index in [0.29, 0.717) is 30.3 Å². The first-order chi connectivity index (χ1) is 29.6. The molecule has 0 aliphatic heterocycles. The van der Waals surface area contributed by atoms with Gasteiger partial charge in [-0.15, -0.1) is 0 Å². The lowest BCUT2D eigenvalue weighted by Crippen LogP contribution is -2.37. The second-order valence-electron chi connectivity index (χ2n) is 17.6. The predicted octanol–water partition coefficient (Wildman–Crippen LogP) is 11.5. The fourth-order valence-corrected chi connectivity index (χ4v) is 7.28. The van der Waals surface area contributed by atoms with Gasteiger partial charge < -0.3 is 37.4 Å². The molecule has 0 amide bonds. The molecule has 12 heteroatoms. The normalized spacial score (nSPS) is 14.4. The first-order valence-corrected chi connectivity index (χ1v) is 25.2. The number of phosphoric ester groups is 1. The fraction of sp³-hybridized carbons (Fsp3) is 0.720. The average Bonchev–Trinajstić information content (AvgIpc) is 3.47. The number of esters is 2. The number of nitrogens with zero attached hydrogens (tertiary/aromatic N) is 1. The summed E-state index contributed by atoms with van der Waals surface area (Å²) in [5.74, 6) is 1.38. The maximum absolute atomic E-state index is 12.8. The maximum atomic E-state index is 12.8. The molecule has 62 heavy (non-hydrogen) atoms. The number of hydrogen-bond acceptors (Lipinski definition) is 10. The molecule has 0 aliphatic rings. The van der Waals surface area contributed by atoms with Crippen LogP contribution in [0.2, 0.25) is 0 Å². The molecular weight excluding hydrogens is 806 g/mol. The van der Waals surface area contributed by atoms with Crippen LogP contribution < -0.4 is 4.89 Å². The topological polar surface area (TPSA) is 145 Å². The average molecular weight is 892 g/mol. The number of aliphatic hydroxyl groups is 1. The quantitative estimate of drug-likeness (QED) is 0.0223. The largest absolute Gasteiger partial charge is 0.756 e. The maximum Gasteiger partial charge on any atom is 0.306 e. The van der Waals surface area contributed by atoms with Crippen molar-refractivity contribution in [1.82, 2.24) is 0 Å². The van der Waals surface area contributed by atoms with Gasteiger partial charge in [0.15, 0.2) is 6.10 Å². The minimum absolute atomic E-state index is 0.0536. The van der Waals surface area contributed by atoms with Crippen molar-refractivity contribution >= 4 is 19.8 Å². The van der Waals surface area contributed by atoms with Gasteiger partial charge in [0.25, 0.3) is 7.82 Å². The minimum atomic E-state index is -4.66. The number of aryl methyl sites for hydroxylation is 2. The second kappa shape index (κ2) is 35.5. The van der Waals surface area contributed by atoms with Crippen LogP contribution >= 0.6 is 7.82 Å². The number of phosphoric acid groups is 1. The Hall–Kier alpha value is -2.79. The molecule has 0 spiro atoms. The summed E-state index contributed by atoms with van der Waals surface area (Å²) < 4.78 is 40.2. The van der Waals surface area contributed by atoms with Crippen LogP contribution in [0.3, 0.4) is 0 Å². The van der Waals surface area contributed by atoms with E-state index in [2.05, 4.69) is 63.3 Å². The summed E-state index contributed by atoms with van der Waals surface area (Å²) in [4.78, 5) is 37.7. The zero-order chi connectivity index (χ0) is 45.9. The van der Waals surface area contributed by atoms with Gasteiger partial charge in [-0.1, -0.05) is 107 Å². The lowest BCUT2D eigenvalue weighted by molar-refractivity contribution is -0.870. The third-order valence-corrected chi connectivity index (χ3v) is 11.5. The van der Waals surface area contributed by atoms with Gasteiger partial charge in [-0.05, 0) is 103 Å². The molecule has 1 N–H and O–H groups in total. The summed E-state index contributed by atoms with van der Waals surface area (Å²) in [5.41, 5.74) is 2.64. The molecule has 0 radical (unpaired) electrons. The van der Waals surface area contributed by atoms with E-state index >= 15 is 0 Å². The summed E-state index contributed by atoms with van der Waals surface area (Å²) in [6.45, 7) is 7.99. The van der Waals surface area contributed by atoms with E-state index in [0.717, 1.165) is 89.2 Å². The summed E-state index contributed by atoms with van der Waals surface area (Å²) in [6, 6.07) is 0. The highest BCUT2D eigenvalue weighted by Gasteiger charge is 2.22. The summed E-state index contributed by atoms with van der Waals surface area (Å²) in [7, 11) is 1.09.